The molecule has 1 aromatic heterocycles. The Morgan fingerprint density at radius 3 is 2.81 bits per heavy atom. The van der Waals surface area contributed by atoms with Crippen molar-refractivity contribution >= 4 is 5.97 Å². The minimum Gasteiger partial charge on any atom is -0.460 e. The van der Waals surface area contributed by atoms with E-state index in [2.05, 4.69) is 6.92 Å². The summed E-state index contributed by atoms with van der Waals surface area (Å²) in [6.45, 7) is 2.89. The Morgan fingerprint density at radius 2 is 2.19 bits per heavy atom. The van der Waals surface area contributed by atoms with E-state index < -0.39 is 5.97 Å². The molecular weight excluding hydrogens is 206 g/mol. The number of carbonyl (C=O) groups excluding carboxylic acids is 1. The molecule has 90 valence electrons. The average molecular weight is 225 g/mol. The highest BCUT2D eigenvalue weighted by Gasteiger charge is 2.11. The molecule has 0 aliphatic rings. The third-order valence-electron chi connectivity index (χ3n) is 2.30. The van der Waals surface area contributed by atoms with Crippen molar-refractivity contribution in [2.24, 2.45) is 5.73 Å². The summed E-state index contributed by atoms with van der Waals surface area (Å²) in [5, 5.41) is 0. The second kappa shape index (κ2) is 7.06. The summed E-state index contributed by atoms with van der Waals surface area (Å²) in [5.74, 6) is 0.421. The quantitative estimate of drug-likeness (QED) is 0.572. The van der Waals surface area contributed by atoms with Crippen molar-refractivity contribution in [3.05, 3.63) is 23.7 Å². The van der Waals surface area contributed by atoms with Crippen LogP contribution in [0, 0.1) is 0 Å². The molecule has 0 amide bonds. The number of unbranched alkanes of at least 4 members (excludes halogenated alkanes) is 3. The largest absolute Gasteiger partial charge is 0.460 e. The molecule has 0 aliphatic carbocycles. The maximum Gasteiger partial charge on any atom is 0.374 e. The standard InChI is InChI=1S/C12H19NO3/c1-2-3-4-5-8-15-12(14)11-7-6-10(9-13)16-11/h6-7H,2-5,8-9,13H2,1H3. The first-order valence-electron chi connectivity index (χ1n) is 5.73. The van der Waals surface area contributed by atoms with Gasteiger partial charge in [-0.1, -0.05) is 26.2 Å². The molecule has 0 aromatic carbocycles. The van der Waals surface area contributed by atoms with Crippen LogP contribution >= 0.6 is 0 Å². The van der Waals surface area contributed by atoms with Crippen LogP contribution in [0.4, 0.5) is 0 Å². The van der Waals surface area contributed by atoms with E-state index >= 15 is 0 Å². The fourth-order valence-corrected chi connectivity index (χ4v) is 1.36. The minimum absolute atomic E-state index is 0.232. The molecule has 0 unspecified atom stereocenters. The Labute approximate surface area is 95.8 Å². The van der Waals surface area contributed by atoms with Crippen molar-refractivity contribution in [1.29, 1.82) is 0 Å². The topological polar surface area (TPSA) is 65.5 Å². The zero-order valence-corrected chi connectivity index (χ0v) is 9.70. The van der Waals surface area contributed by atoms with Gasteiger partial charge in [0, 0.05) is 0 Å². The van der Waals surface area contributed by atoms with Crippen LogP contribution in [0.5, 0.6) is 0 Å². The van der Waals surface area contributed by atoms with Gasteiger partial charge in [0.2, 0.25) is 5.76 Å². The van der Waals surface area contributed by atoms with Crippen LogP contribution in [0.2, 0.25) is 0 Å². The molecule has 0 saturated heterocycles. The fourth-order valence-electron chi connectivity index (χ4n) is 1.36. The lowest BCUT2D eigenvalue weighted by Gasteiger charge is -2.02. The summed E-state index contributed by atoms with van der Waals surface area (Å²) in [6, 6.07) is 3.28. The van der Waals surface area contributed by atoms with Crippen LogP contribution in [0.15, 0.2) is 16.5 Å². The Morgan fingerprint density at radius 1 is 1.38 bits per heavy atom. The van der Waals surface area contributed by atoms with E-state index in [1.807, 2.05) is 0 Å². The van der Waals surface area contributed by atoms with Gasteiger partial charge in [-0.2, -0.15) is 0 Å². The highest BCUT2D eigenvalue weighted by Crippen LogP contribution is 2.09. The van der Waals surface area contributed by atoms with Crippen LogP contribution in [-0.4, -0.2) is 12.6 Å². The molecule has 0 radical (unpaired) electrons. The van der Waals surface area contributed by atoms with Gasteiger partial charge in [-0.05, 0) is 18.6 Å². The first kappa shape index (κ1) is 12.8. The van der Waals surface area contributed by atoms with Gasteiger partial charge in [-0.3, -0.25) is 0 Å². The van der Waals surface area contributed by atoms with Crippen molar-refractivity contribution in [2.45, 2.75) is 39.2 Å². The molecule has 1 aromatic rings. The van der Waals surface area contributed by atoms with Crippen molar-refractivity contribution in [3.63, 3.8) is 0 Å². The second-order valence-corrected chi connectivity index (χ2v) is 3.67. The van der Waals surface area contributed by atoms with Crippen molar-refractivity contribution < 1.29 is 13.9 Å². The summed E-state index contributed by atoms with van der Waals surface area (Å²) >= 11 is 0. The molecule has 16 heavy (non-hydrogen) atoms. The van der Waals surface area contributed by atoms with E-state index in [4.69, 9.17) is 14.9 Å². The molecule has 1 rings (SSSR count). The van der Waals surface area contributed by atoms with Gasteiger partial charge < -0.3 is 14.9 Å². The third kappa shape index (κ3) is 4.06. The molecule has 0 aliphatic heterocycles. The van der Waals surface area contributed by atoms with E-state index in [-0.39, 0.29) is 5.76 Å². The van der Waals surface area contributed by atoms with E-state index in [0.29, 0.717) is 18.9 Å². The monoisotopic (exact) mass is 225 g/mol. The number of nitrogens with two attached hydrogens (primary N) is 1. The third-order valence-corrected chi connectivity index (χ3v) is 2.30. The van der Waals surface area contributed by atoms with Crippen molar-refractivity contribution in [2.75, 3.05) is 6.61 Å². The van der Waals surface area contributed by atoms with Gasteiger partial charge in [-0.25, -0.2) is 4.79 Å². The average Bonchev–Trinajstić information content (AvgIpc) is 2.77. The number of carbonyl (C=O) groups is 1. The fraction of sp³-hybridized carbons (Fsp3) is 0.583. The molecule has 0 saturated carbocycles. The second-order valence-electron chi connectivity index (χ2n) is 3.67. The summed E-state index contributed by atoms with van der Waals surface area (Å²) < 4.78 is 10.2. The van der Waals surface area contributed by atoms with Gasteiger partial charge in [-0.15, -0.1) is 0 Å². The molecule has 0 atom stereocenters. The lowest BCUT2D eigenvalue weighted by Crippen LogP contribution is -2.05. The van der Waals surface area contributed by atoms with Crippen molar-refractivity contribution in [1.82, 2.24) is 0 Å². The highest BCUT2D eigenvalue weighted by molar-refractivity contribution is 5.86. The molecule has 0 bridgehead atoms. The zero-order valence-electron chi connectivity index (χ0n) is 9.70. The summed E-state index contributed by atoms with van der Waals surface area (Å²) in [7, 11) is 0. The molecule has 0 fully saturated rings. The molecule has 0 spiro atoms. The lowest BCUT2D eigenvalue weighted by molar-refractivity contribution is 0.0459. The van der Waals surface area contributed by atoms with Gasteiger partial charge in [0.1, 0.15) is 5.76 Å². The van der Waals surface area contributed by atoms with E-state index in [0.717, 1.165) is 12.8 Å². The molecule has 4 nitrogen and oxygen atoms in total. The van der Waals surface area contributed by atoms with Gasteiger partial charge in [0.15, 0.2) is 0 Å². The normalized spacial score (nSPS) is 10.4. The van der Waals surface area contributed by atoms with Gasteiger partial charge >= 0.3 is 5.97 Å². The molecular formula is C12H19NO3. The maximum absolute atomic E-state index is 11.4. The molecule has 1 heterocycles. The number of rotatable bonds is 7. The van der Waals surface area contributed by atoms with E-state index in [1.54, 1.807) is 12.1 Å². The van der Waals surface area contributed by atoms with E-state index in [9.17, 15) is 4.79 Å². The Kier molecular flexibility index (Phi) is 5.64. The summed E-state index contributed by atoms with van der Waals surface area (Å²) in [5.41, 5.74) is 5.37. The van der Waals surface area contributed by atoms with Crippen LogP contribution in [0.1, 0.15) is 48.9 Å². The van der Waals surface area contributed by atoms with Gasteiger partial charge in [0.25, 0.3) is 0 Å². The predicted octanol–water partition coefficient (Wildman–Crippen LogP) is 2.48. The maximum atomic E-state index is 11.4. The number of hydrogen-bond donors (Lipinski definition) is 1. The number of hydrogen-bond acceptors (Lipinski definition) is 4. The highest BCUT2D eigenvalue weighted by atomic mass is 16.5. The first-order valence-corrected chi connectivity index (χ1v) is 5.73. The Hall–Kier alpha value is -1.29. The van der Waals surface area contributed by atoms with Crippen LogP contribution < -0.4 is 5.73 Å². The number of ether oxygens (including phenoxy) is 1. The smallest absolute Gasteiger partial charge is 0.374 e. The van der Waals surface area contributed by atoms with E-state index in [1.165, 1.54) is 12.8 Å². The number of furan rings is 1. The van der Waals surface area contributed by atoms with Crippen LogP contribution in [-0.2, 0) is 11.3 Å². The lowest BCUT2D eigenvalue weighted by atomic mass is 10.2. The SMILES string of the molecule is CCCCCCOC(=O)c1ccc(CN)o1. The first-order chi connectivity index (χ1) is 7.77. The minimum atomic E-state index is -0.406. The summed E-state index contributed by atoms with van der Waals surface area (Å²) in [6.07, 6.45) is 4.35. The predicted molar refractivity (Wildman–Crippen MR) is 61.0 cm³/mol. The Bertz CT molecular complexity index is 320. The Balaban J connectivity index is 2.24. The van der Waals surface area contributed by atoms with Crippen LogP contribution in [0.3, 0.4) is 0 Å². The van der Waals surface area contributed by atoms with Crippen molar-refractivity contribution in [3.8, 4) is 0 Å². The molecule has 4 heteroatoms. The summed E-state index contributed by atoms with van der Waals surface area (Å²) in [4.78, 5) is 11.4. The van der Waals surface area contributed by atoms with Gasteiger partial charge in [0.05, 0.1) is 13.2 Å². The molecule has 2 N–H and O–H groups in total. The van der Waals surface area contributed by atoms with Crippen LogP contribution in [0.25, 0.3) is 0 Å². The zero-order chi connectivity index (χ0) is 11.8. The number of esters is 1.